The van der Waals surface area contributed by atoms with Gasteiger partial charge >= 0.3 is 12.3 Å². The van der Waals surface area contributed by atoms with E-state index >= 15 is 0 Å². The van der Waals surface area contributed by atoms with Gasteiger partial charge in [-0.25, -0.2) is 17.5 Å². The molecular weight excluding hydrogens is 417 g/mol. The van der Waals surface area contributed by atoms with E-state index in [4.69, 9.17) is 11.6 Å². The first-order valence-corrected chi connectivity index (χ1v) is 9.02. The van der Waals surface area contributed by atoms with Crippen LogP contribution in [-0.2, 0) is 19.6 Å². The Morgan fingerprint density at radius 2 is 1.89 bits per heavy atom. The molecular formula is C14H16ClF3N2O6S. The number of methoxy groups -OCH3 is 1. The minimum absolute atomic E-state index is 0.250. The number of ether oxygens (including phenoxy) is 1. The summed E-state index contributed by atoms with van der Waals surface area (Å²) < 4.78 is 67.7. The molecule has 0 aliphatic heterocycles. The van der Waals surface area contributed by atoms with Gasteiger partial charge < -0.3 is 15.2 Å². The quantitative estimate of drug-likeness (QED) is 0.738. The van der Waals surface area contributed by atoms with Crippen LogP contribution >= 0.6 is 11.6 Å². The highest BCUT2D eigenvalue weighted by Crippen LogP contribution is 2.33. The molecule has 1 aromatic carbocycles. The van der Waals surface area contributed by atoms with Gasteiger partial charge in [0.05, 0.1) is 22.7 Å². The zero-order chi connectivity index (χ0) is 21.2. The third-order valence-electron chi connectivity index (χ3n) is 3.44. The van der Waals surface area contributed by atoms with E-state index in [0.29, 0.717) is 4.31 Å². The summed E-state index contributed by atoms with van der Waals surface area (Å²) in [4.78, 5) is 22.8. The van der Waals surface area contributed by atoms with Crippen molar-refractivity contribution in [2.75, 3.05) is 19.0 Å². The molecule has 2 amide bonds. The topological polar surface area (TPSA) is 113 Å². The normalized spacial score (nSPS) is 14.2. The molecule has 0 radical (unpaired) electrons. The van der Waals surface area contributed by atoms with Crippen molar-refractivity contribution in [2.24, 2.45) is 0 Å². The Hall–Kier alpha value is -2.05. The Labute approximate surface area is 157 Å². The van der Waals surface area contributed by atoms with Gasteiger partial charge in [0.25, 0.3) is 15.9 Å². The van der Waals surface area contributed by atoms with E-state index in [-0.39, 0.29) is 19.2 Å². The van der Waals surface area contributed by atoms with Crippen LogP contribution in [-0.4, -0.2) is 55.3 Å². The van der Waals surface area contributed by atoms with Crippen LogP contribution in [0.1, 0.15) is 13.8 Å². The smallest absolute Gasteiger partial charge is 0.426 e. The second-order valence-electron chi connectivity index (χ2n) is 5.31. The van der Waals surface area contributed by atoms with Crippen LogP contribution in [0.15, 0.2) is 23.1 Å². The molecule has 0 bridgehead atoms. The van der Waals surface area contributed by atoms with E-state index in [0.717, 1.165) is 25.3 Å². The second kappa shape index (κ2) is 7.90. The number of halogens is 4. The third kappa shape index (κ3) is 4.62. The van der Waals surface area contributed by atoms with E-state index in [2.05, 4.69) is 4.74 Å². The number of carbonyl (C=O) groups is 2. The van der Waals surface area contributed by atoms with E-state index in [9.17, 15) is 36.3 Å². The Morgan fingerprint density at radius 3 is 2.30 bits per heavy atom. The average molecular weight is 433 g/mol. The molecule has 152 valence electrons. The third-order valence-corrected chi connectivity index (χ3v) is 5.59. The minimum Gasteiger partial charge on any atom is -0.452 e. The van der Waals surface area contributed by atoms with Crippen molar-refractivity contribution in [3.63, 3.8) is 0 Å². The first-order valence-electron chi connectivity index (χ1n) is 7.21. The molecule has 0 heterocycles. The molecule has 0 aliphatic rings. The number of nitrogens with one attached hydrogen (secondary N) is 1. The van der Waals surface area contributed by atoms with Crippen LogP contribution in [0.3, 0.4) is 0 Å². The number of sulfonamides is 1. The lowest BCUT2D eigenvalue weighted by atomic mass is 10.1. The summed E-state index contributed by atoms with van der Waals surface area (Å²) in [5.74, 6) is -1.81. The largest absolute Gasteiger partial charge is 0.452 e. The zero-order valence-corrected chi connectivity index (χ0v) is 15.9. The van der Waals surface area contributed by atoms with Gasteiger partial charge in [-0.15, -0.1) is 0 Å². The Balaban J connectivity index is 3.21. The highest BCUT2D eigenvalue weighted by Gasteiger charge is 2.55. The van der Waals surface area contributed by atoms with Gasteiger partial charge in [-0.05, 0) is 32.0 Å². The molecule has 1 aromatic rings. The highest BCUT2D eigenvalue weighted by molar-refractivity contribution is 7.89. The fraction of sp³-hybridized carbons (Fsp3) is 0.429. The Bertz CT molecular complexity index is 842. The summed E-state index contributed by atoms with van der Waals surface area (Å²) >= 11 is 5.83. The van der Waals surface area contributed by atoms with Crippen molar-refractivity contribution in [1.29, 1.82) is 0 Å². The van der Waals surface area contributed by atoms with Crippen molar-refractivity contribution in [2.45, 2.75) is 30.5 Å². The molecule has 0 aromatic heterocycles. The predicted molar refractivity (Wildman–Crippen MR) is 88.7 cm³/mol. The van der Waals surface area contributed by atoms with Gasteiger partial charge in [-0.1, -0.05) is 11.6 Å². The average Bonchev–Trinajstić information content (AvgIpc) is 2.55. The number of aliphatic hydroxyl groups is 1. The van der Waals surface area contributed by atoms with Crippen molar-refractivity contribution in [1.82, 2.24) is 4.31 Å². The maximum Gasteiger partial charge on any atom is 0.426 e. The standard InChI is InChI=1S/C14H16ClF3N2O6S/c1-4-20(12(22)26-3)27(24,25)8-5-6-10(9(15)7-8)19-11(21)13(2,23)14(16,17)18/h5-7,23H,4H2,1-3H3,(H,19,21)/t13-/m1/s1. The summed E-state index contributed by atoms with van der Waals surface area (Å²) in [5.41, 5.74) is -4.06. The van der Waals surface area contributed by atoms with Gasteiger partial charge in [0.1, 0.15) is 0 Å². The molecule has 0 aliphatic carbocycles. The van der Waals surface area contributed by atoms with Crippen LogP contribution in [0.5, 0.6) is 0 Å². The lowest BCUT2D eigenvalue weighted by Gasteiger charge is -2.25. The number of alkyl halides is 3. The van der Waals surface area contributed by atoms with Crippen LogP contribution in [0.2, 0.25) is 5.02 Å². The molecule has 0 fully saturated rings. The summed E-state index contributed by atoms with van der Waals surface area (Å²) in [6.45, 7) is 1.38. The number of hydrogen-bond donors (Lipinski definition) is 2. The lowest BCUT2D eigenvalue weighted by Crippen LogP contribution is -2.52. The van der Waals surface area contributed by atoms with Gasteiger partial charge in [0.15, 0.2) is 0 Å². The maximum absolute atomic E-state index is 12.7. The van der Waals surface area contributed by atoms with Gasteiger partial charge in [0.2, 0.25) is 5.60 Å². The predicted octanol–water partition coefficient (Wildman–Crippen LogP) is 2.37. The molecule has 13 heteroatoms. The number of hydrogen-bond acceptors (Lipinski definition) is 6. The van der Waals surface area contributed by atoms with Crippen LogP contribution in [0, 0.1) is 0 Å². The fourth-order valence-corrected chi connectivity index (χ4v) is 3.42. The number of anilines is 1. The fourth-order valence-electron chi connectivity index (χ4n) is 1.76. The number of rotatable bonds is 5. The molecule has 1 rings (SSSR count). The molecule has 0 unspecified atom stereocenters. The van der Waals surface area contributed by atoms with E-state index < -0.39 is 43.7 Å². The van der Waals surface area contributed by atoms with E-state index in [1.165, 1.54) is 6.92 Å². The van der Waals surface area contributed by atoms with Crippen LogP contribution in [0.4, 0.5) is 23.7 Å². The van der Waals surface area contributed by atoms with Crippen LogP contribution in [0.25, 0.3) is 0 Å². The zero-order valence-electron chi connectivity index (χ0n) is 14.3. The Morgan fingerprint density at radius 1 is 1.33 bits per heavy atom. The Kier molecular flexibility index (Phi) is 6.73. The molecule has 0 saturated carbocycles. The second-order valence-corrected chi connectivity index (χ2v) is 7.58. The summed E-state index contributed by atoms with van der Waals surface area (Å²) in [7, 11) is -3.36. The van der Waals surface area contributed by atoms with Crippen molar-refractivity contribution in [3.05, 3.63) is 23.2 Å². The molecule has 27 heavy (non-hydrogen) atoms. The van der Waals surface area contributed by atoms with Crippen molar-refractivity contribution >= 4 is 39.3 Å². The number of nitrogens with zero attached hydrogens (tertiary/aromatic N) is 1. The number of amides is 2. The molecule has 1 atom stereocenters. The molecule has 2 N–H and O–H groups in total. The van der Waals surface area contributed by atoms with Gasteiger partial charge in [-0.2, -0.15) is 13.2 Å². The van der Waals surface area contributed by atoms with E-state index in [1.807, 2.05) is 0 Å². The number of benzene rings is 1. The molecule has 0 saturated heterocycles. The summed E-state index contributed by atoms with van der Waals surface area (Å²) in [5, 5.41) is 10.7. The van der Waals surface area contributed by atoms with Gasteiger partial charge in [-0.3, -0.25) is 4.79 Å². The summed E-state index contributed by atoms with van der Waals surface area (Å²) in [6, 6.07) is 2.68. The molecule has 0 spiro atoms. The van der Waals surface area contributed by atoms with Gasteiger partial charge in [0, 0.05) is 6.54 Å². The summed E-state index contributed by atoms with van der Waals surface area (Å²) in [6.07, 6.45) is -6.39. The monoisotopic (exact) mass is 432 g/mol. The van der Waals surface area contributed by atoms with Crippen molar-refractivity contribution in [3.8, 4) is 0 Å². The lowest BCUT2D eigenvalue weighted by molar-refractivity contribution is -0.242. The highest BCUT2D eigenvalue weighted by atomic mass is 35.5. The SMILES string of the molecule is CCN(C(=O)OC)S(=O)(=O)c1ccc(NC(=O)[C@@](C)(O)C(F)(F)F)c(Cl)c1. The number of carbonyl (C=O) groups excluding carboxylic acids is 2. The minimum atomic E-state index is -5.24. The first kappa shape index (κ1) is 23.0. The van der Waals surface area contributed by atoms with Crippen molar-refractivity contribution < 1.29 is 41.0 Å². The van der Waals surface area contributed by atoms with Crippen LogP contribution < -0.4 is 5.32 Å². The molecule has 8 nitrogen and oxygen atoms in total. The van der Waals surface area contributed by atoms with E-state index in [1.54, 1.807) is 5.32 Å². The maximum atomic E-state index is 12.7. The first-order chi connectivity index (χ1) is 12.2.